The molecule has 0 bridgehead atoms. The van der Waals surface area contributed by atoms with Crippen LogP contribution in [0.3, 0.4) is 0 Å². The summed E-state index contributed by atoms with van der Waals surface area (Å²) < 4.78 is 15.6. The normalized spacial score (nSPS) is 15.8. The van der Waals surface area contributed by atoms with Gasteiger partial charge in [0, 0.05) is 11.6 Å². The summed E-state index contributed by atoms with van der Waals surface area (Å²) in [5, 5.41) is 0. The average Bonchev–Trinajstić information content (AvgIpc) is 2.99. The van der Waals surface area contributed by atoms with Crippen molar-refractivity contribution in [2.45, 2.75) is 84.5 Å². The average molecular weight is 553 g/mol. The lowest BCUT2D eigenvalue weighted by Crippen LogP contribution is -2.13. The van der Waals surface area contributed by atoms with Crippen LogP contribution in [0, 0.1) is 5.92 Å². The van der Waals surface area contributed by atoms with Gasteiger partial charge in [-0.1, -0.05) is 39.8 Å². The van der Waals surface area contributed by atoms with Gasteiger partial charge in [-0.15, -0.1) is 0 Å². The minimum Gasteiger partial charge on any atom is -0.496 e. The lowest BCUT2D eigenvalue weighted by Gasteiger charge is -2.28. The molecule has 0 radical (unpaired) electrons. The molecule has 3 rings (SSSR count). The first-order valence-electron chi connectivity index (χ1n) is 14.1. The summed E-state index contributed by atoms with van der Waals surface area (Å²) in [6.07, 6.45) is 14.6. The Kier molecular flexibility index (Phi) is 17.7. The van der Waals surface area contributed by atoms with Crippen LogP contribution in [0.1, 0.15) is 111 Å². The summed E-state index contributed by atoms with van der Waals surface area (Å²) in [4.78, 5) is 32.3. The Morgan fingerprint density at radius 1 is 0.925 bits per heavy atom. The van der Waals surface area contributed by atoms with Gasteiger partial charge in [-0.2, -0.15) is 0 Å². The van der Waals surface area contributed by atoms with Crippen molar-refractivity contribution in [3.05, 3.63) is 71.8 Å². The number of aldehydes is 2. The molecule has 0 amide bonds. The quantitative estimate of drug-likeness (QED) is 0.0955. The molecule has 0 spiro atoms. The molecule has 0 atom stereocenters. The molecule has 6 nitrogen and oxygen atoms in total. The SMILES string of the molecule is C.C=CC(=O)OCCCCCCOc1ccc(C=O)cc1.CCCC1CCC(c2ccc(OC)c(C=O)c2)CC1. The summed E-state index contributed by atoms with van der Waals surface area (Å²) >= 11 is 0. The standard InChI is InChI=1S/C17H24O2.C16H20O4.CH4/c1-3-4-13-5-7-14(8-6-13)15-9-10-17(19-2)16(11-15)12-18;1-2-16(18)20-12-6-4-3-5-11-19-15-9-7-14(13-17)8-10-15;/h9-14H,3-8H2,1-2H3;2,7-10,13H,1,3-6,11-12H2;1H4. The zero-order valence-corrected chi connectivity index (χ0v) is 23.6. The van der Waals surface area contributed by atoms with Crippen LogP contribution in [0.25, 0.3) is 0 Å². The molecule has 1 saturated carbocycles. The number of esters is 1. The molecule has 6 heteroatoms. The molecule has 0 heterocycles. The number of carbonyl (C=O) groups excluding carboxylic acids is 3. The van der Waals surface area contributed by atoms with E-state index in [1.165, 1.54) is 50.2 Å². The Morgan fingerprint density at radius 3 is 2.17 bits per heavy atom. The van der Waals surface area contributed by atoms with Gasteiger partial charge in [-0.25, -0.2) is 4.79 Å². The number of rotatable bonds is 15. The molecule has 0 aliphatic heterocycles. The summed E-state index contributed by atoms with van der Waals surface area (Å²) in [5.41, 5.74) is 2.62. The third-order valence-electron chi connectivity index (χ3n) is 7.13. The fourth-order valence-electron chi connectivity index (χ4n) is 4.91. The van der Waals surface area contributed by atoms with Crippen molar-refractivity contribution < 1.29 is 28.6 Å². The topological polar surface area (TPSA) is 78.9 Å². The zero-order valence-electron chi connectivity index (χ0n) is 23.6. The van der Waals surface area contributed by atoms with Gasteiger partial charge in [-0.3, -0.25) is 9.59 Å². The van der Waals surface area contributed by atoms with E-state index in [0.717, 1.165) is 49.9 Å². The summed E-state index contributed by atoms with van der Waals surface area (Å²) in [7, 11) is 1.61. The maximum Gasteiger partial charge on any atom is 0.330 e. The van der Waals surface area contributed by atoms with Crippen molar-refractivity contribution in [1.82, 2.24) is 0 Å². The molecule has 2 aromatic carbocycles. The predicted molar refractivity (Wildman–Crippen MR) is 162 cm³/mol. The number of benzene rings is 2. The second kappa shape index (κ2) is 20.5. The lowest BCUT2D eigenvalue weighted by atomic mass is 9.77. The first kappa shape index (κ1) is 34.6. The monoisotopic (exact) mass is 552 g/mol. The molecule has 1 aliphatic carbocycles. The Labute approximate surface area is 241 Å². The molecule has 1 fully saturated rings. The maximum absolute atomic E-state index is 11.1. The molecule has 40 heavy (non-hydrogen) atoms. The largest absolute Gasteiger partial charge is 0.496 e. The van der Waals surface area contributed by atoms with Crippen LogP contribution in [-0.4, -0.2) is 38.9 Å². The Morgan fingerprint density at radius 2 is 1.60 bits per heavy atom. The Bertz CT molecular complexity index is 1010. The highest BCUT2D eigenvalue weighted by molar-refractivity contribution is 5.81. The van der Waals surface area contributed by atoms with E-state index in [4.69, 9.17) is 14.2 Å². The van der Waals surface area contributed by atoms with E-state index in [9.17, 15) is 14.4 Å². The Balaban J connectivity index is 0.000000390. The molecule has 0 N–H and O–H groups in total. The number of hydrogen-bond acceptors (Lipinski definition) is 6. The van der Waals surface area contributed by atoms with Crippen LogP contribution in [0.5, 0.6) is 11.5 Å². The van der Waals surface area contributed by atoms with E-state index in [0.29, 0.717) is 36.0 Å². The summed E-state index contributed by atoms with van der Waals surface area (Å²) in [6, 6.07) is 13.1. The smallest absolute Gasteiger partial charge is 0.330 e. The fourth-order valence-corrected chi connectivity index (χ4v) is 4.91. The highest BCUT2D eigenvalue weighted by Crippen LogP contribution is 2.38. The van der Waals surface area contributed by atoms with E-state index >= 15 is 0 Å². The molecule has 1 aliphatic rings. The van der Waals surface area contributed by atoms with Gasteiger partial charge < -0.3 is 14.2 Å². The maximum atomic E-state index is 11.1. The number of hydrogen-bond donors (Lipinski definition) is 0. The first-order chi connectivity index (χ1) is 19.0. The van der Waals surface area contributed by atoms with Gasteiger partial charge >= 0.3 is 5.97 Å². The predicted octanol–water partition coefficient (Wildman–Crippen LogP) is 8.39. The van der Waals surface area contributed by atoms with Crippen molar-refractivity contribution in [3.63, 3.8) is 0 Å². The van der Waals surface area contributed by atoms with Crippen LogP contribution < -0.4 is 9.47 Å². The first-order valence-corrected chi connectivity index (χ1v) is 14.1. The lowest BCUT2D eigenvalue weighted by molar-refractivity contribution is -0.137. The van der Waals surface area contributed by atoms with Crippen LogP contribution in [-0.2, 0) is 9.53 Å². The fraction of sp³-hybridized carbons (Fsp3) is 0.500. The highest BCUT2D eigenvalue weighted by Gasteiger charge is 2.22. The summed E-state index contributed by atoms with van der Waals surface area (Å²) in [5.74, 6) is 2.63. The van der Waals surface area contributed by atoms with Crippen molar-refractivity contribution in [2.24, 2.45) is 5.92 Å². The van der Waals surface area contributed by atoms with E-state index in [1.54, 1.807) is 31.4 Å². The molecule has 2 aromatic rings. The van der Waals surface area contributed by atoms with E-state index < -0.39 is 0 Å². The van der Waals surface area contributed by atoms with Gasteiger partial charge in [0.05, 0.1) is 25.9 Å². The van der Waals surface area contributed by atoms with Crippen LogP contribution in [0.15, 0.2) is 55.1 Å². The van der Waals surface area contributed by atoms with Gasteiger partial charge in [0.2, 0.25) is 0 Å². The second-order valence-corrected chi connectivity index (χ2v) is 9.95. The van der Waals surface area contributed by atoms with Crippen molar-refractivity contribution in [2.75, 3.05) is 20.3 Å². The van der Waals surface area contributed by atoms with Gasteiger partial charge in [0.1, 0.15) is 17.8 Å². The van der Waals surface area contributed by atoms with Crippen LogP contribution in [0.2, 0.25) is 0 Å². The third kappa shape index (κ3) is 12.6. The molecule has 0 aromatic heterocycles. The van der Waals surface area contributed by atoms with E-state index in [-0.39, 0.29) is 13.4 Å². The van der Waals surface area contributed by atoms with E-state index in [1.807, 2.05) is 12.1 Å². The minimum absolute atomic E-state index is 0. The molecule has 0 saturated heterocycles. The molecule has 0 unspecified atom stereocenters. The number of unbranched alkanes of at least 4 members (excludes halogenated alkanes) is 3. The van der Waals surface area contributed by atoms with Crippen molar-refractivity contribution >= 4 is 18.5 Å². The van der Waals surface area contributed by atoms with Crippen LogP contribution in [0.4, 0.5) is 0 Å². The second-order valence-electron chi connectivity index (χ2n) is 9.95. The highest BCUT2D eigenvalue weighted by atomic mass is 16.5. The molecular weight excluding hydrogens is 504 g/mol. The van der Waals surface area contributed by atoms with Crippen molar-refractivity contribution in [3.8, 4) is 11.5 Å². The van der Waals surface area contributed by atoms with Gasteiger partial charge in [-0.05, 0) is 105 Å². The number of methoxy groups -OCH3 is 1. The van der Waals surface area contributed by atoms with E-state index in [2.05, 4.69) is 19.6 Å². The molecule has 220 valence electrons. The third-order valence-corrected chi connectivity index (χ3v) is 7.13. The Hall–Kier alpha value is -3.41. The van der Waals surface area contributed by atoms with Gasteiger partial charge in [0.25, 0.3) is 0 Å². The number of carbonyl (C=O) groups is 3. The molecular formula is C34H48O6. The number of ether oxygens (including phenoxy) is 3. The summed E-state index contributed by atoms with van der Waals surface area (Å²) in [6.45, 7) is 6.69. The zero-order chi connectivity index (χ0) is 28.3. The van der Waals surface area contributed by atoms with Crippen molar-refractivity contribution in [1.29, 1.82) is 0 Å². The minimum atomic E-state index is -0.368. The van der Waals surface area contributed by atoms with Gasteiger partial charge in [0.15, 0.2) is 6.29 Å². The van der Waals surface area contributed by atoms with Crippen LogP contribution >= 0.6 is 0 Å².